The summed E-state index contributed by atoms with van der Waals surface area (Å²) in [6, 6.07) is 5.59. The standard InChI is InChI=1S/C14H21ClFN/c1-3-6-12(17-2)9-4-7-11-8-5-10-13(16)14(11)15/h5,8,10,12,17H,3-4,6-7,9H2,1-2H3. The van der Waals surface area contributed by atoms with Gasteiger partial charge in [0.2, 0.25) is 0 Å². The van der Waals surface area contributed by atoms with Gasteiger partial charge in [-0.05, 0) is 44.4 Å². The number of hydrogen-bond acceptors (Lipinski definition) is 1. The van der Waals surface area contributed by atoms with Crippen molar-refractivity contribution in [3.63, 3.8) is 0 Å². The molecule has 17 heavy (non-hydrogen) atoms. The minimum absolute atomic E-state index is 0.281. The van der Waals surface area contributed by atoms with E-state index in [0.29, 0.717) is 6.04 Å². The second-order valence-electron chi connectivity index (χ2n) is 4.38. The summed E-state index contributed by atoms with van der Waals surface area (Å²) in [7, 11) is 2.00. The number of benzene rings is 1. The van der Waals surface area contributed by atoms with Crippen LogP contribution in [0.3, 0.4) is 0 Å². The number of rotatable bonds is 7. The van der Waals surface area contributed by atoms with Crippen LogP contribution >= 0.6 is 11.6 Å². The molecule has 0 aromatic heterocycles. The van der Waals surface area contributed by atoms with Crippen molar-refractivity contribution in [1.82, 2.24) is 5.32 Å². The number of nitrogens with one attached hydrogen (secondary N) is 1. The van der Waals surface area contributed by atoms with Crippen molar-refractivity contribution in [2.24, 2.45) is 0 Å². The van der Waals surface area contributed by atoms with Gasteiger partial charge in [-0.15, -0.1) is 0 Å². The second kappa shape index (κ2) is 7.67. The molecule has 0 saturated heterocycles. The first-order valence-corrected chi connectivity index (χ1v) is 6.67. The largest absolute Gasteiger partial charge is 0.317 e. The minimum Gasteiger partial charge on any atom is -0.317 e. The van der Waals surface area contributed by atoms with E-state index in [1.54, 1.807) is 6.07 Å². The fraction of sp³-hybridized carbons (Fsp3) is 0.571. The molecule has 0 spiro atoms. The summed E-state index contributed by atoms with van der Waals surface area (Å²) >= 11 is 5.91. The molecular weight excluding hydrogens is 237 g/mol. The third-order valence-corrected chi connectivity index (χ3v) is 3.50. The van der Waals surface area contributed by atoms with Crippen molar-refractivity contribution in [1.29, 1.82) is 0 Å². The molecule has 0 amide bonds. The Bertz CT molecular complexity index is 341. The van der Waals surface area contributed by atoms with Gasteiger partial charge >= 0.3 is 0 Å². The molecule has 3 heteroatoms. The van der Waals surface area contributed by atoms with Gasteiger partial charge in [0, 0.05) is 6.04 Å². The van der Waals surface area contributed by atoms with E-state index in [0.717, 1.165) is 24.8 Å². The number of halogens is 2. The summed E-state index contributed by atoms with van der Waals surface area (Å²) in [4.78, 5) is 0. The lowest BCUT2D eigenvalue weighted by molar-refractivity contribution is 0.469. The van der Waals surface area contributed by atoms with Crippen LogP contribution in [0.5, 0.6) is 0 Å². The van der Waals surface area contributed by atoms with Crippen molar-refractivity contribution < 1.29 is 4.39 Å². The summed E-state index contributed by atoms with van der Waals surface area (Å²) in [5, 5.41) is 3.59. The molecule has 0 aliphatic heterocycles. The Morgan fingerprint density at radius 2 is 2.12 bits per heavy atom. The summed E-state index contributed by atoms with van der Waals surface area (Å²) in [6.07, 6.45) is 5.37. The van der Waals surface area contributed by atoms with E-state index in [2.05, 4.69) is 12.2 Å². The predicted octanol–water partition coefficient (Wildman–Crippen LogP) is 4.19. The van der Waals surface area contributed by atoms with Gasteiger partial charge in [0.25, 0.3) is 0 Å². The SMILES string of the molecule is CCCC(CCCc1cccc(F)c1Cl)NC. The highest BCUT2D eigenvalue weighted by Gasteiger charge is 2.08. The van der Waals surface area contributed by atoms with Gasteiger partial charge in [0.15, 0.2) is 0 Å². The molecule has 1 nitrogen and oxygen atoms in total. The summed E-state index contributed by atoms with van der Waals surface area (Å²) in [6.45, 7) is 2.19. The smallest absolute Gasteiger partial charge is 0.142 e. The van der Waals surface area contributed by atoms with Crippen LogP contribution < -0.4 is 5.32 Å². The van der Waals surface area contributed by atoms with Crippen molar-refractivity contribution in [3.05, 3.63) is 34.6 Å². The van der Waals surface area contributed by atoms with E-state index >= 15 is 0 Å². The summed E-state index contributed by atoms with van der Waals surface area (Å²) in [5.41, 5.74) is 0.915. The van der Waals surface area contributed by atoms with E-state index in [9.17, 15) is 4.39 Å². The number of aryl methyl sites for hydroxylation is 1. The Balaban J connectivity index is 2.42. The van der Waals surface area contributed by atoms with Gasteiger partial charge in [0.05, 0.1) is 5.02 Å². The summed E-state index contributed by atoms with van der Waals surface area (Å²) in [5.74, 6) is -0.317. The van der Waals surface area contributed by atoms with Gasteiger partial charge < -0.3 is 5.32 Å². The molecule has 1 N–H and O–H groups in total. The first-order valence-electron chi connectivity index (χ1n) is 6.29. The molecule has 0 fully saturated rings. The van der Waals surface area contributed by atoms with Gasteiger partial charge in [-0.2, -0.15) is 0 Å². The highest BCUT2D eigenvalue weighted by atomic mass is 35.5. The highest BCUT2D eigenvalue weighted by molar-refractivity contribution is 6.31. The van der Waals surface area contributed by atoms with E-state index in [-0.39, 0.29) is 10.8 Å². The third kappa shape index (κ3) is 4.64. The highest BCUT2D eigenvalue weighted by Crippen LogP contribution is 2.21. The molecule has 1 atom stereocenters. The zero-order valence-electron chi connectivity index (χ0n) is 10.6. The minimum atomic E-state index is -0.317. The molecule has 1 rings (SSSR count). The first kappa shape index (κ1) is 14.5. The maximum Gasteiger partial charge on any atom is 0.142 e. The van der Waals surface area contributed by atoms with Crippen molar-refractivity contribution in [2.45, 2.75) is 45.1 Å². The fourth-order valence-electron chi connectivity index (χ4n) is 2.06. The molecule has 1 unspecified atom stereocenters. The lowest BCUT2D eigenvalue weighted by Crippen LogP contribution is -2.24. The van der Waals surface area contributed by atoms with Crippen LogP contribution in [-0.4, -0.2) is 13.1 Å². The van der Waals surface area contributed by atoms with Crippen molar-refractivity contribution in [2.75, 3.05) is 7.05 Å². The first-order chi connectivity index (χ1) is 8.19. The molecule has 0 bridgehead atoms. The molecule has 96 valence electrons. The molecule has 1 aromatic carbocycles. The third-order valence-electron chi connectivity index (χ3n) is 3.08. The lowest BCUT2D eigenvalue weighted by atomic mass is 10.0. The number of hydrogen-bond donors (Lipinski definition) is 1. The van der Waals surface area contributed by atoms with E-state index in [4.69, 9.17) is 11.6 Å². The topological polar surface area (TPSA) is 12.0 Å². The van der Waals surface area contributed by atoms with Crippen LogP contribution in [0.15, 0.2) is 18.2 Å². The van der Waals surface area contributed by atoms with Crippen LogP contribution in [0, 0.1) is 5.82 Å². The van der Waals surface area contributed by atoms with E-state index in [1.807, 2.05) is 13.1 Å². The maximum atomic E-state index is 13.2. The average Bonchev–Trinajstić information content (AvgIpc) is 2.33. The molecule has 0 aliphatic rings. The zero-order chi connectivity index (χ0) is 12.7. The van der Waals surface area contributed by atoms with E-state index < -0.39 is 0 Å². The Morgan fingerprint density at radius 3 is 2.76 bits per heavy atom. The zero-order valence-corrected chi connectivity index (χ0v) is 11.4. The van der Waals surface area contributed by atoms with Gasteiger partial charge in [0.1, 0.15) is 5.82 Å². The second-order valence-corrected chi connectivity index (χ2v) is 4.76. The van der Waals surface area contributed by atoms with Crippen molar-refractivity contribution >= 4 is 11.6 Å². The molecule has 1 aromatic rings. The van der Waals surface area contributed by atoms with Crippen LogP contribution in [-0.2, 0) is 6.42 Å². The van der Waals surface area contributed by atoms with Crippen LogP contribution in [0.1, 0.15) is 38.2 Å². The molecule has 0 saturated carbocycles. The molecular formula is C14H21ClFN. The van der Waals surface area contributed by atoms with Crippen LogP contribution in [0.25, 0.3) is 0 Å². The Labute approximate surface area is 108 Å². The molecule has 0 heterocycles. The predicted molar refractivity (Wildman–Crippen MR) is 72.1 cm³/mol. The Kier molecular flexibility index (Phi) is 6.53. The Morgan fingerprint density at radius 1 is 1.35 bits per heavy atom. The Hall–Kier alpha value is -0.600. The quantitative estimate of drug-likeness (QED) is 0.772. The van der Waals surface area contributed by atoms with Crippen molar-refractivity contribution in [3.8, 4) is 0 Å². The van der Waals surface area contributed by atoms with Crippen LogP contribution in [0.4, 0.5) is 4.39 Å². The normalized spacial score (nSPS) is 12.7. The van der Waals surface area contributed by atoms with Gasteiger partial charge in [-0.1, -0.05) is 37.1 Å². The van der Waals surface area contributed by atoms with E-state index in [1.165, 1.54) is 18.9 Å². The monoisotopic (exact) mass is 257 g/mol. The molecule has 0 aliphatic carbocycles. The van der Waals surface area contributed by atoms with Gasteiger partial charge in [-0.3, -0.25) is 0 Å². The van der Waals surface area contributed by atoms with Gasteiger partial charge in [-0.25, -0.2) is 4.39 Å². The lowest BCUT2D eigenvalue weighted by Gasteiger charge is -2.15. The van der Waals surface area contributed by atoms with Crippen LogP contribution in [0.2, 0.25) is 5.02 Å². The summed E-state index contributed by atoms with van der Waals surface area (Å²) < 4.78 is 13.2. The maximum absolute atomic E-state index is 13.2. The fourth-order valence-corrected chi connectivity index (χ4v) is 2.28. The molecule has 0 radical (unpaired) electrons. The average molecular weight is 258 g/mol.